The molecule has 0 unspecified atom stereocenters. The van der Waals surface area contributed by atoms with Crippen molar-refractivity contribution in [3.63, 3.8) is 0 Å². The molecule has 0 spiro atoms. The van der Waals surface area contributed by atoms with Crippen LogP contribution in [0.5, 0.6) is 5.75 Å². The lowest BCUT2D eigenvalue weighted by molar-refractivity contribution is -0.395. The maximum absolute atomic E-state index is 12.4. The normalized spacial score (nSPS) is 10.3. The van der Waals surface area contributed by atoms with Crippen LogP contribution in [-0.4, -0.2) is 34.2 Å². The highest BCUT2D eigenvalue weighted by atomic mass is 79.9. The fourth-order valence-electron chi connectivity index (χ4n) is 2.84. The molecule has 0 heterocycles. The number of rotatable bonds is 8. The highest BCUT2D eigenvalue weighted by molar-refractivity contribution is 9.10. The molecule has 0 aromatic heterocycles. The van der Waals surface area contributed by atoms with Crippen LogP contribution in [0, 0.1) is 27.2 Å². The predicted octanol–water partition coefficient (Wildman–Crippen LogP) is 4.83. The van der Waals surface area contributed by atoms with Crippen molar-refractivity contribution in [2.75, 3.05) is 6.61 Å². The molecule has 0 aliphatic heterocycles. The fraction of sp³-hybridized carbons (Fsp3) is 0.0870. The van der Waals surface area contributed by atoms with Crippen LogP contribution in [0.3, 0.4) is 0 Å². The molecule has 35 heavy (non-hydrogen) atoms. The monoisotopic (exact) mass is 542 g/mol. The van der Waals surface area contributed by atoms with Crippen molar-refractivity contribution in [2.45, 2.75) is 6.92 Å². The summed E-state index contributed by atoms with van der Waals surface area (Å²) in [7, 11) is 0. The van der Waals surface area contributed by atoms with Gasteiger partial charge in [-0.25, -0.2) is 9.59 Å². The van der Waals surface area contributed by atoms with Crippen LogP contribution < -0.4 is 4.74 Å². The summed E-state index contributed by atoms with van der Waals surface area (Å²) in [5.41, 5.74) is -0.377. The van der Waals surface area contributed by atoms with Crippen molar-refractivity contribution in [2.24, 2.45) is 0 Å². The number of carbonyl (C=O) groups is 3. The molecule has 11 nitrogen and oxygen atoms in total. The molecule has 0 fully saturated rings. The number of nitrogens with zero attached hydrogens (tertiary/aromatic N) is 2. The van der Waals surface area contributed by atoms with Crippen molar-refractivity contribution in [3.05, 3.63) is 108 Å². The second kappa shape index (κ2) is 10.7. The van der Waals surface area contributed by atoms with Crippen LogP contribution in [0.2, 0.25) is 0 Å². The van der Waals surface area contributed by atoms with Crippen molar-refractivity contribution < 1.29 is 33.7 Å². The Hall–Kier alpha value is -4.45. The van der Waals surface area contributed by atoms with Crippen LogP contribution >= 0.6 is 15.9 Å². The molecule has 0 aliphatic rings. The van der Waals surface area contributed by atoms with E-state index in [0.29, 0.717) is 5.56 Å². The maximum atomic E-state index is 12.4. The van der Waals surface area contributed by atoms with Gasteiger partial charge in [-0.15, -0.1) is 0 Å². The van der Waals surface area contributed by atoms with E-state index in [1.54, 1.807) is 24.3 Å². The lowest BCUT2D eigenvalue weighted by atomic mass is 10.1. The molecule has 0 aliphatic carbocycles. The number of halogens is 1. The Morgan fingerprint density at radius 1 is 0.800 bits per heavy atom. The Morgan fingerprint density at radius 3 is 1.83 bits per heavy atom. The van der Waals surface area contributed by atoms with Gasteiger partial charge in [-0.3, -0.25) is 25.0 Å². The quantitative estimate of drug-likeness (QED) is 0.128. The topological polar surface area (TPSA) is 156 Å². The molecule has 0 N–H and O–H groups in total. The van der Waals surface area contributed by atoms with Crippen molar-refractivity contribution in [1.82, 2.24) is 0 Å². The third-order valence-corrected chi connectivity index (χ3v) is 5.48. The summed E-state index contributed by atoms with van der Waals surface area (Å²) in [5, 5.41) is 22.3. The third-order valence-electron chi connectivity index (χ3n) is 4.67. The Bertz CT molecular complexity index is 1300. The van der Waals surface area contributed by atoms with E-state index in [4.69, 9.17) is 9.47 Å². The summed E-state index contributed by atoms with van der Waals surface area (Å²) in [6.45, 7) is 1.16. The van der Waals surface area contributed by atoms with Gasteiger partial charge < -0.3 is 9.47 Å². The van der Waals surface area contributed by atoms with Crippen molar-refractivity contribution in [1.29, 1.82) is 0 Å². The summed E-state index contributed by atoms with van der Waals surface area (Å²) in [5.74, 6) is -2.15. The maximum Gasteiger partial charge on any atom is 0.343 e. The van der Waals surface area contributed by atoms with E-state index in [2.05, 4.69) is 15.9 Å². The minimum atomic E-state index is -1.15. The highest BCUT2D eigenvalue weighted by Gasteiger charge is 2.27. The number of ketones is 1. The van der Waals surface area contributed by atoms with Gasteiger partial charge >= 0.3 is 11.9 Å². The van der Waals surface area contributed by atoms with Crippen molar-refractivity contribution in [3.8, 4) is 5.75 Å². The van der Waals surface area contributed by atoms with Gasteiger partial charge in [-0.05, 0) is 59.3 Å². The van der Waals surface area contributed by atoms with E-state index in [9.17, 15) is 34.6 Å². The van der Waals surface area contributed by atoms with Gasteiger partial charge in [0.25, 0.3) is 11.4 Å². The minimum Gasteiger partial charge on any atom is -0.454 e. The van der Waals surface area contributed by atoms with Crippen LogP contribution in [0.1, 0.15) is 36.6 Å². The molecule has 0 bridgehead atoms. The summed E-state index contributed by atoms with van der Waals surface area (Å²) >= 11 is 2.77. The van der Waals surface area contributed by atoms with E-state index >= 15 is 0 Å². The summed E-state index contributed by atoms with van der Waals surface area (Å²) in [6.07, 6.45) is 0. The van der Waals surface area contributed by atoms with E-state index in [0.717, 1.165) is 17.7 Å². The van der Waals surface area contributed by atoms with Gasteiger partial charge in [0.2, 0.25) is 0 Å². The number of esters is 2. The molecule has 0 amide bonds. The summed E-state index contributed by atoms with van der Waals surface area (Å²) < 4.78 is 9.73. The zero-order valence-corrected chi connectivity index (χ0v) is 19.5. The summed E-state index contributed by atoms with van der Waals surface area (Å²) in [6, 6.07) is 13.9. The molecular weight excluding hydrogens is 528 g/mol. The molecule has 0 radical (unpaired) electrons. The average molecular weight is 543 g/mol. The standard InChI is InChI=1S/C23H15BrN2O9/c1-13-2-4-15(5-3-13)23(29)35-17-8-6-14(7-9-17)20(27)12-34-22(28)16-10-18(25(30)31)21(24)19(11-16)26(32)33/h2-11H,12H2,1H3. The van der Waals surface area contributed by atoms with Gasteiger partial charge in [-0.1, -0.05) is 17.7 Å². The van der Waals surface area contributed by atoms with E-state index in [1.165, 1.54) is 24.3 Å². The Morgan fingerprint density at radius 2 is 1.31 bits per heavy atom. The molecule has 0 saturated carbocycles. The first-order chi connectivity index (χ1) is 16.6. The molecule has 0 atom stereocenters. The molecule has 3 aromatic rings. The van der Waals surface area contributed by atoms with E-state index in [-0.39, 0.29) is 11.3 Å². The zero-order valence-electron chi connectivity index (χ0n) is 17.9. The van der Waals surface area contributed by atoms with Gasteiger partial charge in [0, 0.05) is 17.7 Å². The SMILES string of the molecule is Cc1ccc(C(=O)Oc2ccc(C(=O)COC(=O)c3cc([N+](=O)[O-])c(Br)c([N+](=O)[O-])c3)cc2)cc1. The number of nitro groups is 2. The smallest absolute Gasteiger partial charge is 0.343 e. The first-order valence-corrected chi connectivity index (χ1v) is 10.6. The number of Topliss-reactive ketones (excluding diaryl/α,β-unsaturated/α-hetero) is 1. The first-order valence-electron chi connectivity index (χ1n) is 9.78. The predicted molar refractivity (Wildman–Crippen MR) is 125 cm³/mol. The fourth-order valence-corrected chi connectivity index (χ4v) is 3.36. The van der Waals surface area contributed by atoms with Gasteiger partial charge in [0.05, 0.1) is 21.0 Å². The second-order valence-electron chi connectivity index (χ2n) is 7.12. The number of aryl methyl sites for hydroxylation is 1. The third kappa shape index (κ3) is 6.12. The van der Waals surface area contributed by atoms with Crippen LogP contribution in [0.25, 0.3) is 0 Å². The lowest BCUT2D eigenvalue weighted by Gasteiger charge is -2.07. The molecule has 3 rings (SSSR count). The Balaban J connectivity index is 1.65. The van der Waals surface area contributed by atoms with Crippen LogP contribution in [0.15, 0.2) is 65.1 Å². The van der Waals surface area contributed by atoms with E-state index in [1.807, 2.05) is 6.92 Å². The number of carbonyl (C=O) groups excluding carboxylic acids is 3. The number of hydrogen-bond acceptors (Lipinski definition) is 9. The Labute approximate surface area is 205 Å². The van der Waals surface area contributed by atoms with Gasteiger partial charge in [-0.2, -0.15) is 0 Å². The van der Waals surface area contributed by atoms with Crippen LogP contribution in [0.4, 0.5) is 11.4 Å². The number of benzene rings is 3. The number of ether oxygens (including phenoxy) is 2. The van der Waals surface area contributed by atoms with Crippen LogP contribution in [-0.2, 0) is 4.74 Å². The lowest BCUT2D eigenvalue weighted by Crippen LogP contribution is -2.15. The largest absolute Gasteiger partial charge is 0.454 e. The number of hydrogen-bond donors (Lipinski definition) is 0. The minimum absolute atomic E-state index is 0.140. The average Bonchev–Trinajstić information content (AvgIpc) is 2.82. The number of nitro benzene ring substituents is 2. The Kier molecular flexibility index (Phi) is 7.66. The van der Waals surface area contributed by atoms with Gasteiger partial charge in [0.1, 0.15) is 5.75 Å². The highest BCUT2D eigenvalue weighted by Crippen LogP contribution is 2.35. The van der Waals surface area contributed by atoms with E-state index < -0.39 is 55.6 Å². The molecule has 3 aromatic carbocycles. The van der Waals surface area contributed by atoms with Gasteiger partial charge in [0.15, 0.2) is 16.9 Å². The molecular formula is C23H15BrN2O9. The zero-order chi connectivity index (χ0) is 25.7. The summed E-state index contributed by atoms with van der Waals surface area (Å²) in [4.78, 5) is 57.3. The molecule has 0 saturated heterocycles. The first kappa shape index (κ1) is 25.2. The second-order valence-corrected chi connectivity index (χ2v) is 7.91. The van der Waals surface area contributed by atoms with Crippen molar-refractivity contribution >= 4 is 45.0 Å². The molecule has 12 heteroatoms. The molecule has 178 valence electrons.